The minimum absolute atomic E-state index is 0.115. The Morgan fingerprint density at radius 2 is 1.92 bits per heavy atom. The highest BCUT2D eigenvalue weighted by molar-refractivity contribution is 5.15. The molecule has 0 spiro atoms. The molecule has 13 heavy (non-hydrogen) atoms. The Bertz CT molecular complexity index is 258. The quantitative estimate of drug-likeness (QED) is 0.706. The third-order valence-corrected chi connectivity index (χ3v) is 2.43. The molecule has 0 unspecified atom stereocenters. The van der Waals surface area contributed by atoms with E-state index in [-0.39, 0.29) is 12.7 Å². The molecule has 0 radical (unpaired) electrons. The van der Waals surface area contributed by atoms with Gasteiger partial charge >= 0.3 is 0 Å². The van der Waals surface area contributed by atoms with E-state index < -0.39 is 0 Å². The minimum atomic E-state index is 0.115. The molecule has 0 aromatic heterocycles. The van der Waals surface area contributed by atoms with Crippen molar-refractivity contribution in [3.8, 4) is 0 Å². The van der Waals surface area contributed by atoms with Gasteiger partial charge in [-0.1, -0.05) is 30.3 Å². The molecule has 0 saturated carbocycles. The summed E-state index contributed by atoms with van der Waals surface area (Å²) in [6, 6.07) is 10.4. The van der Waals surface area contributed by atoms with Gasteiger partial charge in [-0.05, 0) is 18.4 Å². The Kier molecular flexibility index (Phi) is 2.62. The van der Waals surface area contributed by atoms with Crippen LogP contribution < -0.4 is 0 Å². The van der Waals surface area contributed by atoms with Crippen molar-refractivity contribution in [3.63, 3.8) is 0 Å². The van der Waals surface area contributed by atoms with Crippen LogP contribution in [-0.2, 0) is 11.2 Å². The second kappa shape index (κ2) is 3.90. The lowest BCUT2D eigenvalue weighted by Gasteiger charge is -1.97. The van der Waals surface area contributed by atoms with Crippen molar-refractivity contribution in [3.05, 3.63) is 35.9 Å². The summed E-state index contributed by atoms with van der Waals surface area (Å²) in [6.07, 6.45) is 2.48. The minimum Gasteiger partial charge on any atom is -0.394 e. The number of hydrogen-bond donors (Lipinski definition) is 1. The standard InChI is InChI=1S/C11H14O2/c12-8-11-10(13-11)7-6-9-4-2-1-3-5-9/h1-5,10-12H,6-8H2/t10-,11+/m0/s1. The summed E-state index contributed by atoms with van der Waals surface area (Å²) in [5, 5.41) is 8.75. The molecule has 1 aromatic rings. The number of aliphatic hydroxyl groups is 1. The van der Waals surface area contributed by atoms with Crippen molar-refractivity contribution < 1.29 is 9.84 Å². The number of benzene rings is 1. The van der Waals surface area contributed by atoms with Gasteiger partial charge in [0.1, 0.15) is 6.10 Å². The van der Waals surface area contributed by atoms with Crippen molar-refractivity contribution in [2.24, 2.45) is 0 Å². The maximum atomic E-state index is 8.75. The summed E-state index contributed by atoms with van der Waals surface area (Å²) in [5.74, 6) is 0. The van der Waals surface area contributed by atoms with Crippen LogP contribution >= 0.6 is 0 Å². The van der Waals surface area contributed by atoms with E-state index in [1.54, 1.807) is 0 Å². The van der Waals surface area contributed by atoms with Crippen LogP contribution in [0, 0.1) is 0 Å². The predicted octanol–water partition coefficient (Wildman–Crippen LogP) is 1.38. The molecule has 70 valence electrons. The number of hydrogen-bond acceptors (Lipinski definition) is 2. The zero-order valence-corrected chi connectivity index (χ0v) is 7.52. The Morgan fingerprint density at radius 3 is 2.54 bits per heavy atom. The molecule has 1 fully saturated rings. The van der Waals surface area contributed by atoms with E-state index in [1.165, 1.54) is 5.56 Å². The van der Waals surface area contributed by atoms with E-state index in [1.807, 2.05) is 18.2 Å². The highest BCUT2D eigenvalue weighted by Gasteiger charge is 2.37. The average molecular weight is 178 g/mol. The van der Waals surface area contributed by atoms with Crippen LogP contribution in [0.2, 0.25) is 0 Å². The summed E-state index contributed by atoms with van der Waals surface area (Å²) < 4.78 is 5.24. The molecular weight excluding hydrogens is 164 g/mol. The highest BCUT2D eigenvalue weighted by Crippen LogP contribution is 2.25. The number of ether oxygens (including phenoxy) is 1. The molecule has 1 aliphatic heterocycles. The summed E-state index contributed by atoms with van der Waals surface area (Å²) >= 11 is 0. The second-order valence-electron chi connectivity index (χ2n) is 3.42. The Labute approximate surface area is 78.2 Å². The monoisotopic (exact) mass is 178 g/mol. The fourth-order valence-electron chi connectivity index (χ4n) is 1.55. The lowest BCUT2D eigenvalue weighted by atomic mass is 10.1. The molecular formula is C11H14O2. The number of rotatable bonds is 4. The number of epoxide rings is 1. The van der Waals surface area contributed by atoms with E-state index >= 15 is 0 Å². The molecule has 1 aliphatic rings. The first kappa shape index (κ1) is 8.73. The molecule has 2 rings (SSSR count). The molecule has 1 N–H and O–H groups in total. The van der Waals surface area contributed by atoms with Gasteiger partial charge in [0.2, 0.25) is 0 Å². The predicted molar refractivity (Wildman–Crippen MR) is 50.5 cm³/mol. The molecule has 2 nitrogen and oxygen atoms in total. The molecule has 0 amide bonds. The first-order chi connectivity index (χ1) is 6.40. The van der Waals surface area contributed by atoms with Crippen molar-refractivity contribution in [2.75, 3.05) is 6.61 Å². The van der Waals surface area contributed by atoms with E-state index in [2.05, 4.69) is 12.1 Å². The van der Waals surface area contributed by atoms with Gasteiger partial charge in [0.25, 0.3) is 0 Å². The number of aryl methyl sites for hydroxylation is 1. The van der Waals surface area contributed by atoms with Crippen molar-refractivity contribution in [2.45, 2.75) is 25.0 Å². The van der Waals surface area contributed by atoms with Crippen molar-refractivity contribution >= 4 is 0 Å². The van der Waals surface area contributed by atoms with Gasteiger partial charge in [-0.25, -0.2) is 0 Å². The Hall–Kier alpha value is -0.860. The first-order valence-corrected chi connectivity index (χ1v) is 4.70. The lowest BCUT2D eigenvalue weighted by molar-refractivity contribution is 0.241. The van der Waals surface area contributed by atoms with Gasteiger partial charge in [-0.15, -0.1) is 0 Å². The first-order valence-electron chi connectivity index (χ1n) is 4.70. The molecule has 2 atom stereocenters. The topological polar surface area (TPSA) is 32.8 Å². The second-order valence-corrected chi connectivity index (χ2v) is 3.42. The van der Waals surface area contributed by atoms with Crippen LogP contribution in [0.15, 0.2) is 30.3 Å². The smallest absolute Gasteiger partial charge is 0.107 e. The van der Waals surface area contributed by atoms with Crippen LogP contribution in [0.4, 0.5) is 0 Å². The van der Waals surface area contributed by atoms with Gasteiger partial charge in [-0.3, -0.25) is 0 Å². The van der Waals surface area contributed by atoms with E-state index in [0.717, 1.165) is 12.8 Å². The maximum Gasteiger partial charge on any atom is 0.107 e. The fourth-order valence-corrected chi connectivity index (χ4v) is 1.55. The van der Waals surface area contributed by atoms with Crippen LogP contribution in [0.5, 0.6) is 0 Å². The largest absolute Gasteiger partial charge is 0.394 e. The molecule has 1 heterocycles. The van der Waals surface area contributed by atoms with Crippen LogP contribution in [0.25, 0.3) is 0 Å². The molecule has 0 bridgehead atoms. The normalized spacial score (nSPS) is 25.9. The lowest BCUT2D eigenvalue weighted by Crippen LogP contribution is -2.00. The maximum absolute atomic E-state index is 8.75. The van der Waals surface area contributed by atoms with Gasteiger partial charge in [0.05, 0.1) is 12.7 Å². The van der Waals surface area contributed by atoms with Crippen LogP contribution in [0.3, 0.4) is 0 Å². The SMILES string of the molecule is OC[C@H]1O[C@H]1CCc1ccccc1. The Balaban J connectivity index is 1.75. The fraction of sp³-hybridized carbons (Fsp3) is 0.455. The summed E-state index contributed by atoms with van der Waals surface area (Å²) in [6.45, 7) is 0.166. The third kappa shape index (κ3) is 2.29. The molecule has 1 aromatic carbocycles. The zero-order chi connectivity index (χ0) is 9.10. The zero-order valence-electron chi connectivity index (χ0n) is 7.52. The number of aliphatic hydroxyl groups excluding tert-OH is 1. The van der Waals surface area contributed by atoms with E-state index in [4.69, 9.17) is 9.84 Å². The van der Waals surface area contributed by atoms with Crippen LogP contribution in [0.1, 0.15) is 12.0 Å². The van der Waals surface area contributed by atoms with E-state index in [0.29, 0.717) is 6.10 Å². The van der Waals surface area contributed by atoms with Crippen molar-refractivity contribution in [1.82, 2.24) is 0 Å². The van der Waals surface area contributed by atoms with Gasteiger partial charge in [-0.2, -0.15) is 0 Å². The average Bonchev–Trinajstić information content (AvgIpc) is 2.95. The molecule has 1 saturated heterocycles. The van der Waals surface area contributed by atoms with Crippen LogP contribution in [-0.4, -0.2) is 23.9 Å². The van der Waals surface area contributed by atoms with Gasteiger partial charge < -0.3 is 9.84 Å². The third-order valence-electron chi connectivity index (χ3n) is 2.43. The summed E-state index contributed by atoms with van der Waals surface area (Å²) in [4.78, 5) is 0. The Morgan fingerprint density at radius 1 is 1.15 bits per heavy atom. The highest BCUT2D eigenvalue weighted by atomic mass is 16.6. The van der Waals surface area contributed by atoms with Gasteiger partial charge in [0, 0.05) is 0 Å². The summed E-state index contributed by atoms with van der Waals surface area (Å²) in [5.41, 5.74) is 1.34. The summed E-state index contributed by atoms with van der Waals surface area (Å²) in [7, 11) is 0. The van der Waals surface area contributed by atoms with Gasteiger partial charge in [0.15, 0.2) is 0 Å². The van der Waals surface area contributed by atoms with E-state index in [9.17, 15) is 0 Å². The molecule has 0 aliphatic carbocycles. The molecule has 2 heteroatoms. The van der Waals surface area contributed by atoms with Crippen molar-refractivity contribution in [1.29, 1.82) is 0 Å².